The molecule has 23 heavy (non-hydrogen) atoms. The van der Waals surface area contributed by atoms with Crippen LogP contribution in [-0.4, -0.2) is 28.5 Å². The summed E-state index contributed by atoms with van der Waals surface area (Å²) < 4.78 is 26.7. The summed E-state index contributed by atoms with van der Waals surface area (Å²) in [5.74, 6) is 0. The number of benzene rings is 1. The highest BCUT2D eigenvalue weighted by Crippen LogP contribution is 2.41. The van der Waals surface area contributed by atoms with Crippen LogP contribution in [0.1, 0.15) is 5.56 Å². The lowest BCUT2D eigenvalue weighted by molar-refractivity contribution is 0.262. The molecule has 122 valence electrons. The zero-order valence-corrected chi connectivity index (χ0v) is 14.5. The fourth-order valence-electron chi connectivity index (χ4n) is 2.37. The first-order valence-corrected chi connectivity index (χ1v) is 9.07. The van der Waals surface area contributed by atoms with E-state index >= 15 is 0 Å². The van der Waals surface area contributed by atoms with Gasteiger partial charge < -0.3 is 5.32 Å². The number of fused-ring (bicyclic) bond motifs is 1. The van der Waals surface area contributed by atoms with Crippen molar-refractivity contribution in [2.75, 3.05) is 33.3 Å². The maximum atomic E-state index is 12.2. The first kappa shape index (κ1) is 15.6. The second kappa shape index (κ2) is 5.43. The summed E-state index contributed by atoms with van der Waals surface area (Å²) in [6.07, 6.45) is 0. The average molecular weight is 352 g/mol. The number of urea groups is 1. The monoisotopic (exact) mass is 352 g/mol. The smallest absolute Gasteiger partial charge is 0.307 e. The molecule has 0 radical (unpaired) electrons. The fraction of sp³-hybridized carbons (Fsp3) is 0.214. The fourth-order valence-corrected chi connectivity index (χ4v) is 4.14. The Labute approximate surface area is 138 Å². The number of carbonyl (C=O) groups is 1. The van der Waals surface area contributed by atoms with Crippen molar-refractivity contribution in [2.45, 2.75) is 6.92 Å². The number of thiophene rings is 1. The van der Waals surface area contributed by atoms with Crippen LogP contribution < -0.4 is 19.2 Å². The van der Waals surface area contributed by atoms with E-state index in [-0.39, 0.29) is 6.03 Å². The van der Waals surface area contributed by atoms with Gasteiger partial charge >= 0.3 is 16.2 Å². The Morgan fingerprint density at radius 1 is 1.13 bits per heavy atom. The molecule has 2 N–H and O–H groups in total. The highest BCUT2D eigenvalue weighted by Gasteiger charge is 2.35. The molecular weight excluding hydrogens is 336 g/mol. The minimum atomic E-state index is -3.53. The van der Waals surface area contributed by atoms with Gasteiger partial charge in [0, 0.05) is 19.8 Å². The summed E-state index contributed by atoms with van der Waals surface area (Å²) in [5.41, 5.74) is 2.47. The maximum Gasteiger partial charge on any atom is 0.326 e. The molecule has 2 heterocycles. The van der Waals surface area contributed by atoms with Crippen LogP contribution >= 0.6 is 11.3 Å². The van der Waals surface area contributed by atoms with E-state index in [2.05, 4.69) is 10.6 Å². The minimum Gasteiger partial charge on any atom is -0.307 e. The van der Waals surface area contributed by atoms with Crippen molar-refractivity contribution >= 4 is 49.6 Å². The predicted octanol–water partition coefficient (Wildman–Crippen LogP) is 2.83. The zero-order chi connectivity index (χ0) is 16.8. The van der Waals surface area contributed by atoms with Crippen molar-refractivity contribution in [2.24, 2.45) is 0 Å². The average Bonchev–Trinajstić information content (AvgIpc) is 3.04. The third-order valence-electron chi connectivity index (χ3n) is 3.70. The highest BCUT2D eigenvalue weighted by molar-refractivity contribution is 7.94. The van der Waals surface area contributed by atoms with E-state index in [0.29, 0.717) is 17.1 Å². The predicted molar refractivity (Wildman–Crippen MR) is 93.9 cm³/mol. The molecule has 0 fully saturated rings. The van der Waals surface area contributed by atoms with Gasteiger partial charge in [-0.25, -0.2) is 4.79 Å². The number of rotatable bonds is 2. The Bertz CT molecular complexity index is 862. The van der Waals surface area contributed by atoms with Gasteiger partial charge in [-0.2, -0.15) is 8.42 Å². The highest BCUT2D eigenvalue weighted by atomic mass is 32.2. The van der Waals surface area contributed by atoms with Gasteiger partial charge in [0.05, 0.1) is 16.4 Å². The molecule has 0 spiro atoms. The van der Waals surface area contributed by atoms with E-state index in [1.165, 1.54) is 34.0 Å². The van der Waals surface area contributed by atoms with Crippen molar-refractivity contribution in [3.05, 3.63) is 35.2 Å². The van der Waals surface area contributed by atoms with E-state index in [0.717, 1.165) is 10.6 Å². The van der Waals surface area contributed by atoms with Gasteiger partial charge in [0.2, 0.25) is 0 Å². The third-order valence-corrected chi connectivity index (χ3v) is 6.26. The number of nitrogens with one attached hydrogen (secondary N) is 2. The van der Waals surface area contributed by atoms with E-state index in [1.807, 2.05) is 18.4 Å². The zero-order valence-electron chi connectivity index (χ0n) is 12.8. The molecule has 1 aliphatic heterocycles. The molecule has 1 aliphatic rings. The van der Waals surface area contributed by atoms with Crippen LogP contribution in [0.5, 0.6) is 0 Å². The van der Waals surface area contributed by atoms with Gasteiger partial charge in [0.1, 0.15) is 0 Å². The molecule has 1 aromatic heterocycles. The van der Waals surface area contributed by atoms with Crippen molar-refractivity contribution in [1.82, 2.24) is 0 Å². The summed E-state index contributed by atoms with van der Waals surface area (Å²) in [6.45, 7) is 1.82. The van der Waals surface area contributed by atoms with Gasteiger partial charge in [0.15, 0.2) is 0 Å². The van der Waals surface area contributed by atoms with E-state index < -0.39 is 10.2 Å². The lowest BCUT2D eigenvalue weighted by Crippen LogP contribution is -2.32. The van der Waals surface area contributed by atoms with E-state index in [4.69, 9.17) is 0 Å². The molecule has 2 aromatic rings. The van der Waals surface area contributed by atoms with Crippen molar-refractivity contribution in [1.29, 1.82) is 0 Å². The molecule has 0 bridgehead atoms. The van der Waals surface area contributed by atoms with Crippen LogP contribution in [0.3, 0.4) is 0 Å². The second-order valence-corrected chi connectivity index (χ2v) is 8.09. The van der Waals surface area contributed by atoms with Crippen LogP contribution in [0.4, 0.5) is 26.9 Å². The number of anilines is 4. The normalized spacial score (nSPS) is 15.4. The minimum absolute atomic E-state index is 0.368. The van der Waals surface area contributed by atoms with Crippen LogP contribution in [0.2, 0.25) is 0 Å². The molecule has 0 atom stereocenters. The number of amides is 2. The largest absolute Gasteiger partial charge is 0.326 e. The molecule has 3 rings (SSSR count). The lowest BCUT2D eigenvalue weighted by Gasteiger charge is -2.13. The molecule has 0 unspecified atom stereocenters. The van der Waals surface area contributed by atoms with Gasteiger partial charge in [0.25, 0.3) is 0 Å². The Morgan fingerprint density at radius 2 is 1.78 bits per heavy atom. The summed E-state index contributed by atoms with van der Waals surface area (Å²) in [7, 11) is -0.530. The molecule has 0 saturated carbocycles. The van der Waals surface area contributed by atoms with E-state index in [9.17, 15) is 13.2 Å². The Hall–Kier alpha value is -2.26. The van der Waals surface area contributed by atoms with Crippen molar-refractivity contribution in [3.8, 4) is 0 Å². The van der Waals surface area contributed by atoms with Crippen LogP contribution in [0.25, 0.3) is 0 Å². The number of hydrogen-bond donors (Lipinski definition) is 2. The molecule has 1 aromatic carbocycles. The topological polar surface area (TPSA) is 81.8 Å². The number of hydrogen-bond acceptors (Lipinski definition) is 4. The molecule has 2 amide bonds. The van der Waals surface area contributed by atoms with Gasteiger partial charge in [-0.15, -0.1) is 11.3 Å². The molecular formula is C14H16N4O3S2. The number of aryl methyl sites for hydroxylation is 1. The van der Waals surface area contributed by atoms with Crippen LogP contribution in [-0.2, 0) is 10.2 Å². The second-order valence-electron chi connectivity index (χ2n) is 5.16. The number of nitrogens with zero attached hydrogens (tertiary/aromatic N) is 2. The van der Waals surface area contributed by atoms with Gasteiger partial charge in [-0.1, -0.05) is 0 Å². The summed E-state index contributed by atoms with van der Waals surface area (Å²) in [5, 5.41) is 8.09. The SMILES string of the molecule is Cc1cc2c(cc1NC(=O)Nc1cccs1)N(C)S(=O)(=O)N2C. The van der Waals surface area contributed by atoms with Crippen LogP contribution in [0, 0.1) is 6.92 Å². The first-order valence-electron chi connectivity index (χ1n) is 6.79. The third kappa shape index (κ3) is 2.62. The van der Waals surface area contributed by atoms with E-state index in [1.54, 1.807) is 18.2 Å². The Morgan fingerprint density at radius 3 is 2.39 bits per heavy atom. The van der Waals surface area contributed by atoms with Crippen molar-refractivity contribution < 1.29 is 13.2 Å². The Balaban J connectivity index is 1.88. The summed E-state index contributed by atoms with van der Waals surface area (Å²) in [4.78, 5) is 12.0. The van der Waals surface area contributed by atoms with Crippen molar-refractivity contribution in [3.63, 3.8) is 0 Å². The maximum absolute atomic E-state index is 12.2. The van der Waals surface area contributed by atoms with Crippen LogP contribution in [0.15, 0.2) is 29.6 Å². The first-order chi connectivity index (χ1) is 10.8. The molecule has 0 saturated heterocycles. The lowest BCUT2D eigenvalue weighted by atomic mass is 10.1. The molecule has 7 nitrogen and oxygen atoms in total. The number of carbonyl (C=O) groups excluding carboxylic acids is 1. The molecule has 9 heteroatoms. The Kier molecular flexibility index (Phi) is 3.69. The van der Waals surface area contributed by atoms with Gasteiger partial charge in [-0.3, -0.25) is 13.9 Å². The summed E-state index contributed by atoms with van der Waals surface area (Å²) >= 11 is 1.42. The quantitative estimate of drug-likeness (QED) is 0.872. The summed E-state index contributed by atoms with van der Waals surface area (Å²) in [6, 6.07) is 6.69. The van der Waals surface area contributed by atoms with Gasteiger partial charge in [-0.05, 0) is 42.1 Å². The molecule has 0 aliphatic carbocycles. The standard InChI is InChI=1S/C14H16N4O3S2/c1-9-7-11-12(18(3)23(20,21)17(11)2)8-10(9)15-14(19)16-13-5-4-6-22-13/h4-8H,1-3H3,(H2,15,16,19).